The molecule has 0 spiro atoms. The third-order valence-corrected chi connectivity index (χ3v) is 2.01. The van der Waals surface area contributed by atoms with E-state index in [4.69, 9.17) is 5.73 Å². The highest BCUT2D eigenvalue weighted by atomic mass is 15.1. The van der Waals surface area contributed by atoms with Crippen LogP contribution in [0.1, 0.15) is 12.5 Å². The predicted molar refractivity (Wildman–Crippen MR) is 51.7 cm³/mol. The van der Waals surface area contributed by atoms with Gasteiger partial charge in [0, 0.05) is 5.56 Å². The van der Waals surface area contributed by atoms with Gasteiger partial charge in [0.1, 0.15) is 0 Å². The Hall–Kier alpha value is -1.48. The molecule has 0 saturated heterocycles. The summed E-state index contributed by atoms with van der Waals surface area (Å²) >= 11 is 0. The van der Waals surface area contributed by atoms with Crippen LogP contribution in [0.2, 0.25) is 0 Å². The molecule has 0 fully saturated rings. The molecule has 0 amide bonds. The Morgan fingerprint density at radius 1 is 1.38 bits per heavy atom. The van der Waals surface area contributed by atoms with Crippen LogP contribution in [0.4, 0.5) is 0 Å². The SMILES string of the molecule is CC1(N)C=CC(c2ccnnc2)=C1. The van der Waals surface area contributed by atoms with Crippen molar-refractivity contribution in [3.63, 3.8) is 0 Å². The molecule has 2 rings (SSSR count). The molecule has 1 unspecified atom stereocenters. The highest BCUT2D eigenvalue weighted by Gasteiger charge is 2.17. The van der Waals surface area contributed by atoms with Gasteiger partial charge in [-0.1, -0.05) is 18.2 Å². The molecule has 0 aliphatic heterocycles. The highest BCUT2D eigenvalue weighted by Crippen LogP contribution is 2.24. The fourth-order valence-corrected chi connectivity index (χ4v) is 1.34. The van der Waals surface area contributed by atoms with Gasteiger partial charge in [-0.05, 0) is 18.6 Å². The van der Waals surface area contributed by atoms with E-state index in [0.29, 0.717) is 0 Å². The number of nitrogens with two attached hydrogens (primary N) is 1. The first-order valence-electron chi connectivity index (χ1n) is 4.15. The highest BCUT2D eigenvalue weighted by molar-refractivity contribution is 5.77. The summed E-state index contributed by atoms with van der Waals surface area (Å²) < 4.78 is 0. The molecule has 2 N–H and O–H groups in total. The predicted octanol–water partition coefficient (Wildman–Crippen LogP) is 1.15. The number of hydrogen-bond acceptors (Lipinski definition) is 3. The molecule has 66 valence electrons. The quantitative estimate of drug-likeness (QED) is 0.693. The largest absolute Gasteiger partial charge is 0.319 e. The summed E-state index contributed by atoms with van der Waals surface area (Å²) in [7, 11) is 0. The maximum Gasteiger partial charge on any atom is 0.0574 e. The van der Waals surface area contributed by atoms with Crippen molar-refractivity contribution in [2.45, 2.75) is 12.5 Å². The Balaban J connectivity index is 2.36. The summed E-state index contributed by atoms with van der Waals surface area (Å²) in [5, 5.41) is 7.53. The summed E-state index contributed by atoms with van der Waals surface area (Å²) in [5.41, 5.74) is 7.75. The van der Waals surface area contributed by atoms with E-state index in [-0.39, 0.29) is 5.54 Å². The molecule has 3 nitrogen and oxygen atoms in total. The van der Waals surface area contributed by atoms with E-state index < -0.39 is 0 Å². The third-order valence-electron chi connectivity index (χ3n) is 2.01. The molecule has 13 heavy (non-hydrogen) atoms. The Kier molecular flexibility index (Phi) is 1.74. The number of nitrogens with zero attached hydrogens (tertiary/aromatic N) is 2. The van der Waals surface area contributed by atoms with Gasteiger partial charge >= 0.3 is 0 Å². The average Bonchev–Trinajstić information content (AvgIpc) is 2.48. The van der Waals surface area contributed by atoms with Crippen molar-refractivity contribution in [1.82, 2.24) is 10.2 Å². The number of allylic oxidation sites excluding steroid dienone is 2. The van der Waals surface area contributed by atoms with Crippen LogP contribution >= 0.6 is 0 Å². The smallest absolute Gasteiger partial charge is 0.0574 e. The summed E-state index contributed by atoms with van der Waals surface area (Å²) in [5.74, 6) is 0. The minimum absolute atomic E-state index is 0.321. The lowest BCUT2D eigenvalue weighted by atomic mass is 10.1. The topological polar surface area (TPSA) is 51.8 Å². The van der Waals surface area contributed by atoms with Crippen LogP contribution in [0, 0.1) is 0 Å². The standard InChI is InChI=1S/C10H11N3/c1-10(11)4-2-8(6-10)9-3-5-12-13-7-9/h2-7H,11H2,1H3. The first-order valence-corrected chi connectivity index (χ1v) is 4.15. The van der Waals surface area contributed by atoms with Crippen molar-refractivity contribution in [2.24, 2.45) is 5.73 Å². The van der Waals surface area contributed by atoms with Crippen LogP contribution in [0.3, 0.4) is 0 Å². The number of hydrogen-bond donors (Lipinski definition) is 1. The van der Waals surface area contributed by atoms with Gasteiger partial charge < -0.3 is 5.73 Å². The fraction of sp³-hybridized carbons (Fsp3) is 0.200. The molecule has 1 aliphatic carbocycles. The van der Waals surface area contributed by atoms with Gasteiger partial charge in [-0.25, -0.2) is 0 Å². The normalized spacial score (nSPS) is 26.2. The van der Waals surface area contributed by atoms with Gasteiger partial charge in [0.25, 0.3) is 0 Å². The molecule has 0 radical (unpaired) electrons. The molecule has 1 aliphatic rings. The van der Waals surface area contributed by atoms with Crippen LogP contribution in [0.25, 0.3) is 5.57 Å². The van der Waals surface area contributed by atoms with Crippen LogP contribution in [0.5, 0.6) is 0 Å². The van der Waals surface area contributed by atoms with Gasteiger partial charge in [0.2, 0.25) is 0 Å². The lowest BCUT2D eigenvalue weighted by Gasteiger charge is -2.09. The van der Waals surface area contributed by atoms with Gasteiger partial charge in [-0.2, -0.15) is 10.2 Å². The Labute approximate surface area is 77.0 Å². The summed E-state index contributed by atoms with van der Waals surface area (Å²) in [6, 6.07) is 1.92. The molecule has 0 bridgehead atoms. The lowest BCUT2D eigenvalue weighted by Crippen LogP contribution is -2.28. The zero-order chi connectivity index (χ0) is 9.31. The molecule has 1 heterocycles. The Morgan fingerprint density at radius 3 is 2.77 bits per heavy atom. The van der Waals surface area contributed by atoms with Crippen molar-refractivity contribution < 1.29 is 0 Å². The van der Waals surface area contributed by atoms with E-state index in [1.165, 1.54) is 0 Å². The van der Waals surface area contributed by atoms with Crippen LogP contribution in [-0.2, 0) is 0 Å². The second-order valence-electron chi connectivity index (χ2n) is 3.43. The van der Waals surface area contributed by atoms with Crippen molar-refractivity contribution >= 4 is 5.57 Å². The minimum Gasteiger partial charge on any atom is -0.319 e. The molecule has 1 aromatic rings. The summed E-state index contributed by atoms with van der Waals surface area (Å²) in [6.45, 7) is 1.96. The molecule has 0 aromatic carbocycles. The van der Waals surface area contributed by atoms with Gasteiger partial charge in [0.05, 0.1) is 17.9 Å². The molecule has 3 heteroatoms. The second-order valence-corrected chi connectivity index (χ2v) is 3.43. The van der Waals surface area contributed by atoms with Crippen LogP contribution in [-0.4, -0.2) is 15.7 Å². The monoisotopic (exact) mass is 173 g/mol. The lowest BCUT2D eigenvalue weighted by molar-refractivity contribution is 0.747. The van der Waals surface area contributed by atoms with Gasteiger partial charge in [0.15, 0.2) is 0 Å². The maximum atomic E-state index is 5.91. The summed E-state index contributed by atoms with van der Waals surface area (Å²) in [6.07, 6.45) is 9.41. The van der Waals surface area contributed by atoms with Crippen molar-refractivity contribution in [1.29, 1.82) is 0 Å². The summed E-state index contributed by atoms with van der Waals surface area (Å²) in [4.78, 5) is 0. The Bertz CT molecular complexity index is 363. The Morgan fingerprint density at radius 2 is 2.23 bits per heavy atom. The average molecular weight is 173 g/mol. The van der Waals surface area contributed by atoms with E-state index >= 15 is 0 Å². The van der Waals surface area contributed by atoms with Crippen molar-refractivity contribution in [3.8, 4) is 0 Å². The maximum absolute atomic E-state index is 5.91. The van der Waals surface area contributed by atoms with E-state index in [1.807, 2.05) is 31.2 Å². The minimum atomic E-state index is -0.321. The van der Waals surface area contributed by atoms with Crippen molar-refractivity contribution in [3.05, 3.63) is 42.3 Å². The van der Waals surface area contributed by atoms with E-state index in [2.05, 4.69) is 10.2 Å². The first-order chi connectivity index (χ1) is 6.17. The van der Waals surface area contributed by atoms with Gasteiger partial charge in [-0.3, -0.25) is 0 Å². The molecule has 1 atom stereocenters. The van der Waals surface area contributed by atoms with Gasteiger partial charge in [-0.15, -0.1) is 0 Å². The van der Waals surface area contributed by atoms with Crippen LogP contribution < -0.4 is 5.73 Å². The molecule has 1 aromatic heterocycles. The van der Waals surface area contributed by atoms with E-state index in [0.717, 1.165) is 11.1 Å². The van der Waals surface area contributed by atoms with Crippen molar-refractivity contribution in [2.75, 3.05) is 0 Å². The zero-order valence-electron chi connectivity index (χ0n) is 7.44. The third kappa shape index (κ3) is 1.65. The zero-order valence-corrected chi connectivity index (χ0v) is 7.44. The second kappa shape index (κ2) is 2.78. The van der Waals surface area contributed by atoms with E-state index in [1.54, 1.807) is 12.4 Å². The van der Waals surface area contributed by atoms with E-state index in [9.17, 15) is 0 Å². The molecular formula is C10H11N3. The number of aromatic nitrogens is 2. The first kappa shape index (κ1) is 8.13. The molecular weight excluding hydrogens is 162 g/mol. The van der Waals surface area contributed by atoms with Crippen LogP contribution in [0.15, 0.2) is 36.7 Å². The fourth-order valence-electron chi connectivity index (χ4n) is 1.34. The number of rotatable bonds is 1. The molecule has 0 saturated carbocycles.